The van der Waals surface area contributed by atoms with Gasteiger partial charge in [0.1, 0.15) is 17.2 Å². The highest BCUT2D eigenvalue weighted by atomic mass is 19.1. The molecule has 0 saturated heterocycles. The molecule has 0 aromatic heterocycles. The second-order valence-corrected chi connectivity index (χ2v) is 6.22. The number of hydrogen-bond donors (Lipinski definition) is 1. The monoisotopic (exact) mass is 318 g/mol. The van der Waals surface area contributed by atoms with E-state index in [0.29, 0.717) is 5.56 Å². The number of carbonyl (C=O) groups is 1. The lowest BCUT2D eigenvalue weighted by atomic mass is 9.89. The predicted molar refractivity (Wildman–Crippen MR) is 86.1 cm³/mol. The number of aliphatic hydroxyl groups is 1. The van der Waals surface area contributed by atoms with Gasteiger partial charge in [0.25, 0.3) is 0 Å². The van der Waals surface area contributed by atoms with E-state index in [9.17, 15) is 18.7 Å². The van der Waals surface area contributed by atoms with Gasteiger partial charge >= 0.3 is 0 Å². The summed E-state index contributed by atoms with van der Waals surface area (Å²) < 4.78 is 28.9. The minimum atomic E-state index is -1.92. The molecule has 0 aliphatic rings. The molecule has 1 N–H and O–H groups in total. The largest absolute Gasteiger partial charge is 0.378 e. The summed E-state index contributed by atoms with van der Waals surface area (Å²) in [6.07, 6.45) is 0. The third-order valence-electron chi connectivity index (χ3n) is 4.13. The van der Waals surface area contributed by atoms with Crippen LogP contribution >= 0.6 is 0 Å². The molecule has 0 spiro atoms. The summed E-state index contributed by atoms with van der Waals surface area (Å²) in [5.41, 5.74) is -0.763. The third-order valence-corrected chi connectivity index (χ3v) is 4.13. The van der Waals surface area contributed by atoms with E-state index < -0.39 is 23.0 Å². The number of benzene rings is 2. The fraction of sp³-hybridized carbons (Fsp3) is 0.316. The average molecular weight is 318 g/mol. The Morgan fingerprint density at radius 1 is 1.13 bits per heavy atom. The van der Waals surface area contributed by atoms with Gasteiger partial charge in [-0.15, -0.1) is 0 Å². The maximum Gasteiger partial charge on any atom is 0.165 e. The molecule has 2 nitrogen and oxygen atoms in total. The second kappa shape index (κ2) is 6.20. The van der Waals surface area contributed by atoms with Crippen molar-refractivity contribution in [2.24, 2.45) is 0 Å². The molecule has 23 heavy (non-hydrogen) atoms. The molecule has 0 aliphatic heterocycles. The van der Waals surface area contributed by atoms with Crippen LogP contribution in [0, 0.1) is 11.6 Å². The Balaban J connectivity index is 2.58. The van der Waals surface area contributed by atoms with Crippen LogP contribution < -0.4 is 0 Å². The first-order valence-corrected chi connectivity index (χ1v) is 7.48. The zero-order valence-corrected chi connectivity index (χ0v) is 13.7. The number of ketones is 1. The molecule has 0 aliphatic carbocycles. The minimum absolute atomic E-state index is 0.0937. The van der Waals surface area contributed by atoms with Gasteiger partial charge < -0.3 is 5.11 Å². The molecular formula is C19H20F2O2. The van der Waals surface area contributed by atoms with E-state index in [1.165, 1.54) is 13.8 Å². The molecule has 0 bridgehead atoms. The fourth-order valence-corrected chi connectivity index (χ4v) is 2.39. The summed E-state index contributed by atoms with van der Waals surface area (Å²) in [4.78, 5) is 11.5. The van der Waals surface area contributed by atoms with Crippen molar-refractivity contribution in [1.82, 2.24) is 0 Å². The van der Waals surface area contributed by atoms with Crippen LogP contribution in [0.1, 0.15) is 44.7 Å². The molecule has 0 radical (unpaired) electrons. The summed E-state index contributed by atoms with van der Waals surface area (Å²) in [7, 11) is 0. The highest BCUT2D eigenvalue weighted by molar-refractivity contribution is 5.85. The molecule has 2 aromatic rings. The zero-order chi connectivity index (χ0) is 17.4. The first-order chi connectivity index (χ1) is 10.6. The Labute approximate surface area is 134 Å². The third kappa shape index (κ3) is 3.32. The van der Waals surface area contributed by atoms with Gasteiger partial charge in [0.05, 0.1) is 5.56 Å². The number of rotatable bonds is 4. The van der Waals surface area contributed by atoms with Gasteiger partial charge in [0.2, 0.25) is 0 Å². The van der Waals surface area contributed by atoms with Crippen LogP contribution in [-0.2, 0) is 10.4 Å². The van der Waals surface area contributed by atoms with Gasteiger partial charge in [-0.3, -0.25) is 4.79 Å². The first kappa shape index (κ1) is 17.3. The summed E-state index contributed by atoms with van der Waals surface area (Å²) >= 11 is 0. The van der Waals surface area contributed by atoms with Crippen LogP contribution in [0.3, 0.4) is 0 Å². The van der Waals surface area contributed by atoms with Crippen molar-refractivity contribution in [3.8, 4) is 11.1 Å². The van der Waals surface area contributed by atoms with E-state index in [2.05, 4.69) is 0 Å². The number of Topliss-reactive ketones (excluding diaryl/α,β-unsaturated/α-hetero) is 1. The first-order valence-electron chi connectivity index (χ1n) is 7.48. The zero-order valence-electron chi connectivity index (χ0n) is 13.7. The van der Waals surface area contributed by atoms with Crippen molar-refractivity contribution in [1.29, 1.82) is 0 Å². The van der Waals surface area contributed by atoms with Crippen molar-refractivity contribution < 1.29 is 18.7 Å². The number of hydrogen-bond acceptors (Lipinski definition) is 2. The molecule has 0 fully saturated rings. The van der Waals surface area contributed by atoms with Gasteiger partial charge in [0, 0.05) is 0 Å². The van der Waals surface area contributed by atoms with E-state index >= 15 is 0 Å². The molecule has 2 aromatic carbocycles. The fourth-order valence-electron chi connectivity index (χ4n) is 2.39. The van der Waals surface area contributed by atoms with Crippen LogP contribution in [0.2, 0.25) is 0 Å². The van der Waals surface area contributed by atoms with Gasteiger partial charge in [-0.2, -0.15) is 0 Å². The van der Waals surface area contributed by atoms with E-state index in [4.69, 9.17) is 0 Å². The van der Waals surface area contributed by atoms with Crippen LogP contribution in [0.25, 0.3) is 11.1 Å². The summed E-state index contributed by atoms with van der Waals surface area (Å²) in [5, 5.41) is 10.1. The predicted octanol–water partition coefficient (Wildman–Crippen LogP) is 4.55. The minimum Gasteiger partial charge on any atom is -0.378 e. The van der Waals surface area contributed by atoms with Gasteiger partial charge in [-0.25, -0.2) is 8.78 Å². The molecule has 2 rings (SSSR count). The maximum atomic E-state index is 14.5. The Hall–Kier alpha value is -2.07. The molecule has 1 unspecified atom stereocenters. The molecule has 4 heteroatoms. The van der Waals surface area contributed by atoms with Crippen LogP contribution in [0.4, 0.5) is 8.78 Å². The quantitative estimate of drug-likeness (QED) is 0.898. The Bertz CT molecular complexity index is 726. The second-order valence-electron chi connectivity index (χ2n) is 6.22. The molecule has 0 heterocycles. The number of halogens is 2. The summed E-state index contributed by atoms with van der Waals surface area (Å²) in [6, 6.07) is 9.07. The summed E-state index contributed by atoms with van der Waals surface area (Å²) in [5.74, 6) is -1.95. The lowest BCUT2D eigenvalue weighted by Crippen LogP contribution is -2.30. The highest BCUT2D eigenvalue weighted by Gasteiger charge is 2.31. The van der Waals surface area contributed by atoms with E-state index in [1.54, 1.807) is 18.2 Å². The van der Waals surface area contributed by atoms with Crippen LogP contribution in [0.15, 0.2) is 36.4 Å². The smallest absolute Gasteiger partial charge is 0.165 e. The average Bonchev–Trinajstić information content (AvgIpc) is 2.46. The molecule has 0 amide bonds. The number of carbonyl (C=O) groups excluding carboxylic acids is 1. The molecule has 0 saturated carbocycles. The lowest BCUT2D eigenvalue weighted by Gasteiger charge is -2.21. The molecule has 122 valence electrons. The van der Waals surface area contributed by atoms with E-state index in [1.807, 2.05) is 19.9 Å². The molecular weight excluding hydrogens is 298 g/mol. The van der Waals surface area contributed by atoms with Crippen molar-refractivity contribution in [3.63, 3.8) is 0 Å². The standard InChI is InChI=1S/C19H20F2O2/c1-11(2)13-6-5-7-14(8-13)18-16(20)9-15(10-17(18)21)19(4,23)12(3)22/h5-11,23H,1-4H3. The van der Waals surface area contributed by atoms with Crippen LogP contribution in [-0.4, -0.2) is 10.9 Å². The van der Waals surface area contributed by atoms with Crippen molar-refractivity contribution in [2.75, 3.05) is 0 Å². The topological polar surface area (TPSA) is 37.3 Å². The highest BCUT2D eigenvalue weighted by Crippen LogP contribution is 2.32. The van der Waals surface area contributed by atoms with E-state index in [-0.39, 0.29) is 17.0 Å². The van der Waals surface area contributed by atoms with Gasteiger partial charge in [-0.05, 0) is 48.6 Å². The van der Waals surface area contributed by atoms with Crippen molar-refractivity contribution >= 4 is 5.78 Å². The Morgan fingerprint density at radius 2 is 1.70 bits per heavy atom. The van der Waals surface area contributed by atoms with Gasteiger partial charge in [-0.1, -0.05) is 38.1 Å². The SMILES string of the molecule is CC(=O)C(C)(O)c1cc(F)c(-c2cccc(C(C)C)c2)c(F)c1. The maximum absolute atomic E-state index is 14.5. The molecule has 1 atom stereocenters. The van der Waals surface area contributed by atoms with E-state index in [0.717, 1.165) is 17.7 Å². The lowest BCUT2D eigenvalue weighted by molar-refractivity contribution is -0.134. The normalized spacial score (nSPS) is 13.9. The van der Waals surface area contributed by atoms with Gasteiger partial charge in [0.15, 0.2) is 5.78 Å². The van der Waals surface area contributed by atoms with Crippen LogP contribution in [0.5, 0.6) is 0 Å². The Morgan fingerprint density at radius 3 is 2.17 bits per heavy atom. The van der Waals surface area contributed by atoms with Crippen molar-refractivity contribution in [3.05, 3.63) is 59.2 Å². The summed E-state index contributed by atoms with van der Waals surface area (Å²) in [6.45, 7) is 6.40. The Kier molecular flexibility index (Phi) is 4.66. The van der Waals surface area contributed by atoms with Crippen molar-refractivity contribution in [2.45, 2.75) is 39.2 Å².